The summed E-state index contributed by atoms with van der Waals surface area (Å²) < 4.78 is 13.5. The average Bonchev–Trinajstić information content (AvgIpc) is 2.51. The number of amides is 2. The van der Waals surface area contributed by atoms with Gasteiger partial charge in [0.05, 0.1) is 0 Å². The Morgan fingerprint density at radius 1 is 1.09 bits per heavy atom. The Morgan fingerprint density at radius 3 is 2.26 bits per heavy atom. The van der Waals surface area contributed by atoms with Crippen molar-refractivity contribution in [2.75, 3.05) is 10.6 Å². The summed E-state index contributed by atoms with van der Waals surface area (Å²) in [7, 11) is 0. The summed E-state index contributed by atoms with van der Waals surface area (Å²) in [5, 5.41) is 5.64. The molecular formula is C17H18FN3O2. The van der Waals surface area contributed by atoms with Crippen LogP contribution in [0.2, 0.25) is 0 Å². The van der Waals surface area contributed by atoms with E-state index < -0.39 is 11.9 Å². The van der Waals surface area contributed by atoms with E-state index in [2.05, 4.69) is 10.6 Å². The molecule has 0 saturated carbocycles. The van der Waals surface area contributed by atoms with Gasteiger partial charge in [-0.2, -0.15) is 0 Å². The maximum Gasteiger partial charge on any atom is 0.248 e. The standard InChI is InChI=1S/C17H18FN3O2/c1-10-3-6-14(9-15(10)18)20-11(2)17(23)21-13-7-4-12(5-8-13)16(19)22/h3-9,11,20H,1-2H3,(H2,19,22)(H,21,23). The Bertz CT molecular complexity index is 729. The summed E-state index contributed by atoms with van der Waals surface area (Å²) in [6.45, 7) is 3.34. The predicted molar refractivity (Wildman–Crippen MR) is 87.8 cm³/mol. The molecule has 0 spiro atoms. The van der Waals surface area contributed by atoms with Gasteiger partial charge in [0, 0.05) is 16.9 Å². The molecular weight excluding hydrogens is 297 g/mol. The molecule has 0 aliphatic rings. The smallest absolute Gasteiger partial charge is 0.248 e. The fraction of sp³-hybridized carbons (Fsp3) is 0.176. The van der Waals surface area contributed by atoms with Crippen molar-refractivity contribution in [3.63, 3.8) is 0 Å². The summed E-state index contributed by atoms with van der Waals surface area (Å²) >= 11 is 0. The maximum atomic E-state index is 13.5. The van der Waals surface area contributed by atoms with Crippen molar-refractivity contribution in [1.29, 1.82) is 0 Å². The Labute approximate surface area is 133 Å². The lowest BCUT2D eigenvalue weighted by Crippen LogP contribution is -2.31. The van der Waals surface area contributed by atoms with Gasteiger partial charge in [0.25, 0.3) is 0 Å². The molecule has 2 aromatic rings. The first-order chi connectivity index (χ1) is 10.9. The van der Waals surface area contributed by atoms with Crippen LogP contribution in [-0.4, -0.2) is 17.9 Å². The van der Waals surface area contributed by atoms with Crippen LogP contribution >= 0.6 is 0 Å². The number of carbonyl (C=O) groups excluding carboxylic acids is 2. The molecule has 0 aliphatic heterocycles. The fourth-order valence-electron chi connectivity index (χ4n) is 1.97. The number of nitrogens with one attached hydrogen (secondary N) is 2. The number of nitrogens with two attached hydrogens (primary N) is 1. The Hall–Kier alpha value is -2.89. The summed E-state index contributed by atoms with van der Waals surface area (Å²) in [6, 6.07) is 10.4. The molecule has 1 unspecified atom stereocenters. The third-order valence-electron chi connectivity index (χ3n) is 3.39. The molecule has 0 aromatic heterocycles. The van der Waals surface area contributed by atoms with Crippen LogP contribution in [0.5, 0.6) is 0 Å². The van der Waals surface area contributed by atoms with Crippen molar-refractivity contribution < 1.29 is 14.0 Å². The molecule has 0 aliphatic carbocycles. The molecule has 1 atom stereocenters. The lowest BCUT2D eigenvalue weighted by molar-refractivity contribution is -0.116. The summed E-state index contributed by atoms with van der Waals surface area (Å²) in [6.07, 6.45) is 0. The number of hydrogen-bond donors (Lipinski definition) is 3. The van der Waals surface area contributed by atoms with Gasteiger partial charge in [-0.3, -0.25) is 9.59 Å². The molecule has 2 amide bonds. The fourth-order valence-corrected chi connectivity index (χ4v) is 1.97. The van der Waals surface area contributed by atoms with Crippen molar-refractivity contribution in [1.82, 2.24) is 0 Å². The van der Waals surface area contributed by atoms with E-state index in [4.69, 9.17) is 5.73 Å². The topological polar surface area (TPSA) is 84.2 Å². The van der Waals surface area contributed by atoms with Gasteiger partial charge in [0.1, 0.15) is 11.9 Å². The maximum absolute atomic E-state index is 13.5. The zero-order valence-corrected chi connectivity index (χ0v) is 12.9. The monoisotopic (exact) mass is 315 g/mol. The van der Waals surface area contributed by atoms with Crippen molar-refractivity contribution in [2.45, 2.75) is 19.9 Å². The van der Waals surface area contributed by atoms with E-state index in [1.807, 2.05) is 0 Å². The normalized spacial score (nSPS) is 11.6. The number of primary amides is 1. The summed E-state index contributed by atoms with van der Waals surface area (Å²) in [4.78, 5) is 23.1. The number of anilines is 2. The Kier molecular flexibility index (Phi) is 4.95. The molecule has 0 saturated heterocycles. The van der Waals surface area contributed by atoms with Crippen molar-refractivity contribution >= 4 is 23.2 Å². The predicted octanol–water partition coefficient (Wildman–Crippen LogP) is 2.67. The number of benzene rings is 2. The summed E-state index contributed by atoms with van der Waals surface area (Å²) in [5.74, 6) is -1.14. The van der Waals surface area contributed by atoms with Gasteiger partial charge in [-0.05, 0) is 55.8 Å². The molecule has 0 fully saturated rings. The van der Waals surface area contributed by atoms with Crippen molar-refractivity contribution in [2.24, 2.45) is 5.73 Å². The van der Waals surface area contributed by atoms with Gasteiger partial charge >= 0.3 is 0 Å². The molecule has 120 valence electrons. The lowest BCUT2D eigenvalue weighted by atomic mass is 10.2. The number of rotatable bonds is 5. The van der Waals surface area contributed by atoms with Crippen LogP contribution in [-0.2, 0) is 4.79 Å². The minimum atomic E-state index is -0.562. The molecule has 0 heterocycles. The molecule has 23 heavy (non-hydrogen) atoms. The molecule has 2 rings (SSSR count). The minimum absolute atomic E-state index is 0.280. The van der Waals surface area contributed by atoms with Crippen molar-refractivity contribution in [3.8, 4) is 0 Å². The van der Waals surface area contributed by atoms with Crippen LogP contribution in [0.3, 0.4) is 0 Å². The van der Waals surface area contributed by atoms with Gasteiger partial charge in [-0.15, -0.1) is 0 Å². The largest absolute Gasteiger partial charge is 0.374 e. The van der Waals surface area contributed by atoms with Gasteiger partial charge in [0.2, 0.25) is 11.8 Å². The first-order valence-corrected chi connectivity index (χ1v) is 7.10. The minimum Gasteiger partial charge on any atom is -0.374 e. The zero-order chi connectivity index (χ0) is 17.0. The van der Waals surface area contributed by atoms with E-state index in [0.29, 0.717) is 22.5 Å². The van der Waals surface area contributed by atoms with Crippen LogP contribution in [0.25, 0.3) is 0 Å². The van der Waals surface area contributed by atoms with Crippen LogP contribution in [0.4, 0.5) is 15.8 Å². The van der Waals surface area contributed by atoms with Crippen LogP contribution in [0, 0.1) is 12.7 Å². The van der Waals surface area contributed by atoms with Crippen molar-refractivity contribution in [3.05, 3.63) is 59.4 Å². The SMILES string of the molecule is Cc1ccc(NC(C)C(=O)Nc2ccc(C(N)=O)cc2)cc1F. The second kappa shape index (κ2) is 6.91. The molecule has 0 bridgehead atoms. The van der Waals surface area contributed by atoms with E-state index in [1.165, 1.54) is 18.2 Å². The quantitative estimate of drug-likeness (QED) is 0.793. The number of halogens is 1. The van der Waals surface area contributed by atoms with Crippen LogP contribution < -0.4 is 16.4 Å². The molecule has 0 radical (unpaired) electrons. The van der Waals surface area contributed by atoms with E-state index in [0.717, 1.165) is 0 Å². The number of hydrogen-bond acceptors (Lipinski definition) is 3. The first kappa shape index (κ1) is 16.5. The highest BCUT2D eigenvalue weighted by Crippen LogP contribution is 2.15. The van der Waals surface area contributed by atoms with E-state index in [-0.39, 0.29) is 11.7 Å². The number of aryl methyl sites for hydroxylation is 1. The van der Waals surface area contributed by atoms with E-state index in [9.17, 15) is 14.0 Å². The van der Waals surface area contributed by atoms with Gasteiger partial charge in [0.15, 0.2) is 0 Å². The second-order valence-corrected chi connectivity index (χ2v) is 5.26. The molecule has 6 heteroatoms. The van der Waals surface area contributed by atoms with Gasteiger partial charge in [-0.25, -0.2) is 4.39 Å². The van der Waals surface area contributed by atoms with Gasteiger partial charge in [-0.1, -0.05) is 6.07 Å². The second-order valence-electron chi connectivity index (χ2n) is 5.26. The highest BCUT2D eigenvalue weighted by atomic mass is 19.1. The first-order valence-electron chi connectivity index (χ1n) is 7.10. The van der Waals surface area contributed by atoms with E-state index in [1.54, 1.807) is 38.1 Å². The highest BCUT2D eigenvalue weighted by Gasteiger charge is 2.13. The average molecular weight is 315 g/mol. The summed E-state index contributed by atoms with van der Waals surface area (Å²) in [5.41, 5.74) is 7.14. The zero-order valence-electron chi connectivity index (χ0n) is 12.9. The number of carbonyl (C=O) groups is 2. The van der Waals surface area contributed by atoms with Gasteiger partial charge < -0.3 is 16.4 Å². The third-order valence-corrected chi connectivity index (χ3v) is 3.39. The molecule has 5 nitrogen and oxygen atoms in total. The molecule has 2 aromatic carbocycles. The third kappa shape index (κ3) is 4.29. The molecule has 4 N–H and O–H groups in total. The lowest BCUT2D eigenvalue weighted by Gasteiger charge is -2.16. The Balaban J connectivity index is 1.99. The Morgan fingerprint density at radius 2 is 1.70 bits per heavy atom. The van der Waals surface area contributed by atoms with Crippen LogP contribution in [0.1, 0.15) is 22.8 Å². The highest BCUT2D eigenvalue weighted by molar-refractivity contribution is 5.97. The van der Waals surface area contributed by atoms with E-state index >= 15 is 0 Å². The van der Waals surface area contributed by atoms with Crippen LogP contribution in [0.15, 0.2) is 42.5 Å².